The fourth-order valence-corrected chi connectivity index (χ4v) is 2.93. The zero-order chi connectivity index (χ0) is 13.3. The van der Waals surface area contributed by atoms with Gasteiger partial charge in [-0.25, -0.2) is 4.99 Å². The van der Waals surface area contributed by atoms with Crippen LogP contribution in [0, 0.1) is 5.41 Å². The first-order chi connectivity index (χ1) is 9.24. The molecule has 0 bridgehead atoms. The minimum absolute atomic E-state index is 0.460. The van der Waals surface area contributed by atoms with Crippen LogP contribution in [0.4, 0.5) is 5.82 Å². The van der Waals surface area contributed by atoms with Gasteiger partial charge in [-0.15, -0.1) is 0 Å². The van der Waals surface area contributed by atoms with Gasteiger partial charge in [0.15, 0.2) is 0 Å². The Morgan fingerprint density at radius 1 is 1.53 bits per heavy atom. The Balaban J connectivity index is 1.86. The van der Waals surface area contributed by atoms with Gasteiger partial charge in [-0.3, -0.25) is 0 Å². The fraction of sp³-hybridized carbons (Fsp3) is 0.500. The van der Waals surface area contributed by atoms with E-state index in [4.69, 9.17) is 5.73 Å². The second-order valence-electron chi connectivity index (χ2n) is 5.52. The first-order valence-electron chi connectivity index (χ1n) is 6.82. The van der Waals surface area contributed by atoms with E-state index >= 15 is 0 Å². The lowest BCUT2D eigenvalue weighted by atomic mass is 9.81. The summed E-state index contributed by atoms with van der Waals surface area (Å²) in [5, 5.41) is 3.38. The maximum atomic E-state index is 6.00. The molecule has 2 aliphatic heterocycles. The summed E-state index contributed by atoms with van der Waals surface area (Å²) in [5.74, 6) is 1.68. The minimum Gasteiger partial charge on any atom is -0.385 e. The van der Waals surface area contributed by atoms with Crippen LogP contribution in [-0.2, 0) is 0 Å². The molecular weight excluding hydrogens is 238 g/mol. The summed E-state index contributed by atoms with van der Waals surface area (Å²) in [6, 6.07) is 2.00. The van der Waals surface area contributed by atoms with E-state index < -0.39 is 0 Å². The quantitative estimate of drug-likeness (QED) is 0.551. The lowest BCUT2D eigenvalue weighted by molar-refractivity contribution is 0.185. The minimum atomic E-state index is 0.460. The Bertz CT molecular complexity index is 510. The number of H-pyrrole nitrogens is 1. The Morgan fingerprint density at radius 3 is 2.89 bits per heavy atom. The van der Waals surface area contributed by atoms with Crippen LogP contribution in [0.5, 0.6) is 0 Å². The molecule has 2 saturated heterocycles. The van der Waals surface area contributed by atoms with Gasteiger partial charge in [-0.2, -0.15) is 0 Å². The maximum absolute atomic E-state index is 6.00. The van der Waals surface area contributed by atoms with Crippen LogP contribution in [0.1, 0.15) is 18.9 Å². The van der Waals surface area contributed by atoms with E-state index in [-0.39, 0.29) is 0 Å². The molecule has 0 amide bonds. The average molecular weight is 259 g/mol. The van der Waals surface area contributed by atoms with Gasteiger partial charge in [0.2, 0.25) is 0 Å². The van der Waals surface area contributed by atoms with Gasteiger partial charge in [0, 0.05) is 44.0 Å². The van der Waals surface area contributed by atoms with Crippen LogP contribution in [-0.4, -0.2) is 41.9 Å². The molecule has 102 valence electrons. The van der Waals surface area contributed by atoms with E-state index in [1.807, 2.05) is 31.5 Å². The summed E-state index contributed by atoms with van der Waals surface area (Å²) in [4.78, 5) is 9.99. The molecule has 3 heterocycles. The number of amidine groups is 1. The molecule has 2 aliphatic rings. The number of aromatic nitrogens is 1. The molecule has 0 aromatic carbocycles. The summed E-state index contributed by atoms with van der Waals surface area (Å²) in [6.45, 7) is 6.36. The van der Waals surface area contributed by atoms with Crippen molar-refractivity contribution in [3.63, 3.8) is 0 Å². The maximum Gasteiger partial charge on any atom is 0.139 e. The molecule has 0 unspecified atom stereocenters. The molecular formula is C14H21N5. The van der Waals surface area contributed by atoms with Gasteiger partial charge in [-0.05, 0) is 19.4 Å². The first-order valence-corrected chi connectivity index (χ1v) is 6.82. The number of nitrogens with zero attached hydrogens (tertiary/aromatic N) is 2. The molecule has 1 aromatic rings. The number of hydrogen-bond acceptors (Lipinski definition) is 3. The van der Waals surface area contributed by atoms with Crippen molar-refractivity contribution in [1.82, 2.24) is 15.2 Å². The van der Waals surface area contributed by atoms with Crippen molar-refractivity contribution in [2.75, 3.05) is 31.9 Å². The van der Waals surface area contributed by atoms with E-state index in [1.54, 1.807) is 0 Å². The highest BCUT2D eigenvalue weighted by molar-refractivity contribution is 6.03. The van der Waals surface area contributed by atoms with Crippen molar-refractivity contribution in [2.24, 2.45) is 10.4 Å². The molecule has 0 radical (unpaired) electrons. The van der Waals surface area contributed by atoms with E-state index in [9.17, 15) is 0 Å². The predicted octanol–water partition coefficient (Wildman–Crippen LogP) is 1.17. The molecule has 19 heavy (non-hydrogen) atoms. The number of nitrogens with two attached hydrogens (primary N) is 1. The number of aromatic amines is 1. The molecule has 0 aliphatic carbocycles. The number of nitrogen functional groups attached to an aromatic ring is 1. The van der Waals surface area contributed by atoms with E-state index in [1.165, 1.54) is 6.42 Å². The van der Waals surface area contributed by atoms with Gasteiger partial charge in [0.25, 0.3) is 0 Å². The van der Waals surface area contributed by atoms with Crippen molar-refractivity contribution in [3.05, 3.63) is 30.1 Å². The molecule has 5 nitrogen and oxygen atoms in total. The van der Waals surface area contributed by atoms with E-state index in [0.29, 0.717) is 11.2 Å². The Labute approximate surface area is 113 Å². The molecule has 4 N–H and O–H groups in total. The van der Waals surface area contributed by atoms with Crippen LogP contribution in [0.3, 0.4) is 0 Å². The number of anilines is 1. The lowest BCUT2D eigenvalue weighted by Crippen LogP contribution is -2.55. The second-order valence-corrected chi connectivity index (χ2v) is 5.52. The summed E-state index contributed by atoms with van der Waals surface area (Å²) in [6.07, 6.45) is 6.89. The second kappa shape index (κ2) is 4.74. The highest BCUT2D eigenvalue weighted by Crippen LogP contribution is 2.35. The zero-order valence-electron chi connectivity index (χ0n) is 11.3. The molecule has 0 atom stereocenters. The molecule has 3 rings (SSSR count). The smallest absolute Gasteiger partial charge is 0.139 e. The lowest BCUT2D eigenvalue weighted by Gasteiger charge is -2.39. The van der Waals surface area contributed by atoms with Crippen molar-refractivity contribution >= 4 is 11.7 Å². The summed E-state index contributed by atoms with van der Waals surface area (Å²) in [7, 11) is 0. The van der Waals surface area contributed by atoms with Crippen molar-refractivity contribution in [1.29, 1.82) is 0 Å². The van der Waals surface area contributed by atoms with Crippen LogP contribution < -0.4 is 11.1 Å². The molecule has 0 saturated carbocycles. The largest absolute Gasteiger partial charge is 0.385 e. The number of rotatable bonds is 2. The van der Waals surface area contributed by atoms with Crippen LogP contribution >= 0.6 is 0 Å². The number of aliphatic imine (C=N–C) groups is 1. The number of hydrogen-bond donors (Lipinski definition) is 3. The Morgan fingerprint density at radius 2 is 2.37 bits per heavy atom. The monoisotopic (exact) mass is 259 g/mol. The van der Waals surface area contributed by atoms with Crippen molar-refractivity contribution in [3.8, 4) is 0 Å². The summed E-state index contributed by atoms with van der Waals surface area (Å²) < 4.78 is 0. The van der Waals surface area contributed by atoms with Gasteiger partial charge in [0.1, 0.15) is 11.7 Å². The highest BCUT2D eigenvalue weighted by Gasteiger charge is 2.44. The molecule has 2 fully saturated rings. The first kappa shape index (κ1) is 12.3. The third kappa shape index (κ3) is 2.14. The normalized spacial score (nSPS) is 22.4. The number of allylic oxidation sites excluding steroid dienone is 1. The SMILES string of the molecule is C/C=C\N=C(c1cc[nH]c1N)N1CCC2(CNC2)C1. The van der Waals surface area contributed by atoms with Gasteiger partial charge in [0.05, 0.1) is 5.56 Å². The zero-order valence-corrected chi connectivity index (χ0v) is 11.3. The average Bonchev–Trinajstić information content (AvgIpc) is 2.97. The number of likely N-dealkylation sites (tertiary alicyclic amines) is 1. The van der Waals surface area contributed by atoms with Crippen LogP contribution in [0.2, 0.25) is 0 Å². The third-order valence-corrected chi connectivity index (χ3v) is 4.10. The summed E-state index contributed by atoms with van der Waals surface area (Å²) in [5.41, 5.74) is 7.46. The highest BCUT2D eigenvalue weighted by atomic mass is 15.2. The van der Waals surface area contributed by atoms with E-state index in [0.717, 1.165) is 37.6 Å². The van der Waals surface area contributed by atoms with Gasteiger partial charge in [-0.1, -0.05) is 6.08 Å². The van der Waals surface area contributed by atoms with Crippen LogP contribution in [0.15, 0.2) is 29.5 Å². The predicted molar refractivity (Wildman–Crippen MR) is 78.0 cm³/mol. The Kier molecular flexibility index (Phi) is 3.06. The fourth-order valence-electron chi connectivity index (χ4n) is 2.93. The van der Waals surface area contributed by atoms with Gasteiger partial charge < -0.3 is 20.9 Å². The topological polar surface area (TPSA) is 69.4 Å². The third-order valence-electron chi connectivity index (χ3n) is 4.10. The molecule has 5 heteroatoms. The standard InChI is InChI=1S/C14H21N5/c1-2-5-18-13(11-3-6-17-12(11)15)19-7-4-14(10-19)8-16-9-14/h2-3,5-6,16-17H,4,7-10,15H2,1H3/b5-2-,18-13?. The Hall–Kier alpha value is -1.75. The van der Waals surface area contributed by atoms with Crippen molar-refractivity contribution in [2.45, 2.75) is 13.3 Å². The molecule has 1 aromatic heterocycles. The van der Waals surface area contributed by atoms with E-state index in [2.05, 4.69) is 20.2 Å². The number of nitrogens with one attached hydrogen (secondary N) is 2. The van der Waals surface area contributed by atoms with Crippen molar-refractivity contribution < 1.29 is 0 Å². The van der Waals surface area contributed by atoms with Crippen LogP contribution in [0.25, 0.3) is 0 Å². The summed E-state index contributed by atoms with van der Waals surface area (Å²) >= 11 is 0. The molecule has 1 spiro atoms. The van der Waals surface area contributed by atoms with Gasteiger partial charge >= 0.3 is 0 Å².